The van der Waals surface area contributed by atoms with E-state index >= 15 is 0 Å². The summed E-state index contributed by atoms with van der Waals surface area (Å²) in [6.45, 7) is 9.56. The van der Waals surface area contributed by atoms with E-state index in [1.54, 1.807) is 0 Å². The Hall–Kier alpha value is -3.33. The summed E-state index contributed by atoms with van der Waals surface area (Å²) in [6.07, 6.45) is 0. The molecule has 1 aliphatic rings. The minimum absolute atomic E-state index is 0.107. The molecule has 1 saturated heterocycles. The molecule has 2 aromatic carbocycles. The van der Waals surface area contributed by atoms with Gasteiger partial charge < -0.3 is 19.7 Å². The number of benzene rings is 2. The smallest absolute Gasteiger partial charge is 0.252 e. The maximum Gasteiger partial charge on any atom is 0.252 e. The average molecular weight is 493 g/mol. The molecule has 9 heteroatoms. The maximum atomic E-state index is 12.9. The van der Waals surface area contributed by atoms with Crippen LogP contribution in [-0.4, -0.2) is 63.4 Å². The molecule has 1 atom stereocenters. The highest BCUT2D eigenvalue weighted by Gasteiger charge is 2.24. The van der Waals surface area contributed by atoms with E-state index in [9.17, 15) is 9.59 Å². The van der Waals surface area contributed by atoms with Crippen molar-refractivity contribution in [3.63, 3.8) is 0 Å². The number of thioether (sulfide) groups is 1. The molecule has 1 fully saturated rings. The van der Waals surface area contributed by atoms with Crippen molar-refractivity contribution < 1.29 is 9.59 Å². The Balaban J connectivity index is 1.32. The van der Waals surface area contributed by atoms with Crippen molar-refractivity contribution in [3.05, 3.63) is 71.5 Å². The standard InChI is InChI=1S/C26H32N6O2S/c1-4-32-24(20(3)27-25(34)22-13-9-8-10-19(22)2)28-29-26(32)35-18-23(33)31-16-14-30(15-17-31)21-11-6-5-7-12-21/h5-13,20H,4,14-18H2,1-3H3,(H,27,34)/t20-/m0/s1. The first kappa shape index (κ1) is 24.8. The van der Waals surface area contributed by atoms with Crippen molar-refractivity contribution in [3.8, 4) is 0 Å². The molecule has 1 aliphatic heterocycles. The molecule has 2 amide bonds. The number of nitrogens with zero attached hydrogens (tertiary/aromatic N) is 5. The van der Waals surface area contributed by atoms with Gasteiger partial charge >= 0.3 is 0 Å². The minimum Gasteiger partial charge on any atom is -0.368 e. The first-order valence-electron chi connectivity index (χ1n) is 12.0. The lowest BCUT2D eigenvalue weighted by atomic mass is 10.1. The van der Waals surface area contributed by atoms with Gasteiger partial charge in [0.05, 0.1) is 11.8 Å². The first-order valence-corrected chi connectivity index (χ1v) is 13.0. The summed E-state index contributed by atoms with van der Waals surface area (Å²) in [4.78, 5) is 29.8. The Labute approximate surface area is 210 Å². The van der Waals surface area contributed by atoms with Gasteiger partial charge in [-0.3, -0.25) is 9.59 Å². The molecule has 0 saturated carbocycles. The highest BCUT2D eigenvalue weighted by molar-refractivity contribution is 7.99. The third-order valence-electron chi connectivity index (χ3n) is 6.26. The van der Waals surface area contributed by atoms with Crippen LogP contribution in [0.4, 0.5) is 5.69 Å². The maximum absolute atomic E-state index is 12.9. The molecule has 0 unspecified atom stereocenters. The van der Waals surface area contributed by atoms with Crippen molar-refractivity contribution in [1.82, 2.24) is 25.0 Å². The minimum atomic E-state index is -0.314. The van der Waals surface area contributed by atoms with Crippen LogP contribution in [0.1, 0.15) is 41.6 Å². The number of hydrogen-bond donors (Lipinski definition) is 1. The zero-order valence-electron chi connectivity index (χ0n) is 20.5. The largest absolute Gasteiger partial charge is 0.368 e. The summed E-state index contributed by atoms with van der Waals surface area (Å²) in [5.41, 5.74) is 2.77. The van der Waals surface area contributed by atoms with Gasteiger partial charge in [-0.2, -0.15) is 0 Å². The van der Waals surface area contributed by atoms with Crippen LogP contribution in [0.2, 0.25) is 0 Å². The molecule has 3 aromatic rings. The zero-order valence-corrected chi connectivity index (χ0v) is 21.3. The van der Waals surface area contributed by atoms with E-state index in [4.69, 9.17) is 0 Å². The van der Waals surface area contributed by atoms with E-state index in [-0.39, 0.29) is 17.9 Å². The van der Waals surface area contributed by atoms with Gasteiger partial charge in [-0.05, 0) is 44.5 Å². The predicted octanol–water partition coefficient (Wildman–Crippen LogP) is 3.54. The van der Waals surface area contributed by atoms with Crippen LogP contribution in [-0.2, 0) is 11.3 Å². The van der Waals surface area contributed by atoms with Crippen molar-refractivity contribution in [1.29, 1.82) is 0 Å². The van der Waals surface area contributed by atoms with Crippen molar-refractivity contribution in [2.75, 3.05) is 36.8 Å². The summed E-state index contributed by atoms with van der Waals surface area (Å²) in [6, 6.07) is 17.5. The molecule has 8 nitrogen and oxygen atoms in total. The highest BCUT2D eigenvalue weighted by atomic mass is 32.2. The molecule has 1 N–H and O–H groups in total. The topological polar surface area (TPSA) is 83.4 Å². The number of aryl methyl sites for hydroxylation is 1. The molecule has 0 bridgehead atoms. The molecular weight excluding hydrogens is 460 g/mol. The Morgan fingerprint density at radius 1 is 1.00 bits per heavy atom. The summed E-state index contributed by atoms with van der Waals surface area (Å²) >= 11 is 1.40. The van der Waals surface area contributed by atoms with E-state index in [2.05, 4.69) is 32.5 Å². The van der Waals surface area contributed by atoms with E-state index in [1.165, 1.54) is 17.4 Å². The molecule has 0 radical (unpaired) electrons. The van der Waals surface area contributed by atoms with Crippen LogP contribution in [0.25, 0.3) is 0 Å². The van der Waals surface area contributed by atoms with Gasteiger partial charge in [0.1, 0.15) is 0 Å². The molecule has 1 aromatic heterocycles. The number of carbonyl (C=O) groups excluding carboxylic acids is 2. The number of nitrogens with one attached hydrogen (secondary N) is 1. The van der Waals surface area contributed by atoms with Gasteiger partial charge in [-0.1, -0.05) is 48.2 Å². The molecule has 2 heterocycles. The van der Waals surface area contributed by atoms with Gasteiger partial charge in [-0.25, -0.2) is 0 Å². The molecule has 184 valence electrons. The van der Waals surface area contributed by atoms with Gasteiger partial charge in [0.2, 0.25) is 5.91 Å². The third-order valence-corrected chi connectivity index (χ3v) is 7.22. The summed E-state index contributed by atoms with van der Waals surface area (Å²) < 4.78 is 1.97. The SMILES string of the molecule is CCn1c(SCC(=O)N2CCN(c3ccccc3)CC2)nnc1[C@H](C)NC(=O)c1ccccc1C. The normalized spacial score (nSPS) is 14.6. The van der Waals surface area contributed by atoms with Crippen LogP contribution in [0.15, 0.2) is 59.8 Å². The van der Waals surface area contributed by atoms with Crippen LogP contribution >= 0.6 is 11.8 Å². The number of hydrogen-bond acceptors (Lipinski definition) is 6. The van der Waals surface area contributed by atoms with E-state index in [0.29, 0.717) is 41.9 Å². The van der Waals surface area contributed by atoms with Crippen LogP contribution in [0.3, 0.4) is 0 Å². The average Bonchev–Trinajstić information content (AvgIpc) is 3.31. The molecule has 0 spiro atoms. The summed E-state index contributed by atoms with van der Waals surface area (Å²) in [7, 11) is 0. The monoisotopic (exact) mass is 492 g/mol. The summed E-state index contributed by atoms with van der Waals surface area (Å²) in [5, 5.41) is 12.4. The number of anilines is 1. The lowest BCUT2D eigenvalue weighted by Gasteiger charge is -2.36. The highest BCUT2D eigenvalue weighted by Crippen LogP contribution is 2.22. The van der Waals surface area contributed by atoms with Crippen molar-refractivity contribution >= 4 is 29.3 Å². The second kappa shape index (κ2) is 11.4. The molecule has 0 aliphatic carbocycles. The van der Waals surface area contributed by atoms with Crippen LogP contribution in [0.5, 0.6) is 0 Å². The fraction of sp³-hybridized carbons (Fsp3) is 0.385. The number of aromatic nitrogens is 3. The van der Waals surface area contributed by atoms with E-state index in [0.717, 1.165) is 18.7 Å². The predicted molar refractivity (Wildman–Crippen MR) is 139 cm³/mol. The van der Waals surface area contributed by atoms with Crippen molar-refractivity contribution in [2.45, 2.75) is 38.5 Å². The Morgan fingerprint density at radius 2 is 1.69 bits per heavy atom. The van der Waals surface area contributed by atoms with Gasteiger partial charge in [0, 0.05) is 44.0 Å². The Morgan fingerprint density at radius 3 is 2.37 bits per heavy atom. The molecule has 35 heavy (non-hydrogen) atoms. The first-order chi connectivity index (χ1) is 17.0. The molecular formula is C26H32N6O2S. The second-order valence-corrected chi connectivity index (χ2v) is 9.53. The fourth-order valence-electron chi connectivity index (χ4n) is 4.26. The van der Waals surface area contributed by atoms with Crippen LogP contribution in [0, 0.1) is 6.92 Å². The number of piperazine rings is 1. The van der Waals surface area contributed by atoms with Crippen molar-refractivity contribution in [2.24, 2.45) is 0 Å². The van der Waals surface area contributed by atoms with Gasteiger partial charge in [-0.15, -0.1) is 10.2 Å². The van der Waals surface area contributed by atoms with Gasteiger partial charge in [0.15, 0.2) is 11.0 Å². The number of carbonyl (C=O) groups is 2. The number of amides is 2. The van der Waals surface area contributed by atoms with Crippen LogP contribution < -0.4 is 10.2 Å². The zero-order chi connectivity index (χ0) is 24.8. The lowest BCUT2D eigenvalue weighted by molar-refractivity contribution is -0.128. The molecule has 4 rings (SSSR count). The number of rotatable bonds is 8. The van der Waals surface area contributed by atoms with E-state index < -0.39 is 0 Å². The lowest BCUT2D eigenvalue weighted by Crippen LogP contribution is -2.49. The second-order valence-electron chi connectivity index (χ2n) is 8.59. The summed E-state index contributed by atoms with van der Waals surface area (Å²) in [5.74, 6) is 0.963. The third kappa shape index (κ3) is 5.85. The fourth-order valence-corrected chi connectivity index (χ4v) is 5.17. The quantitative estimate of drug-likeness (QED) is 0.485. The van der Waals surface area contributed by atoms with Gasteiger partial charge in [0.25, 0.3) is 5.91 Å². The van der Waals surface area contributed by atoms with E-state index in [1.807, 2.05) is 72.7 Å². The Bertz CT molecular complexity index is 1160. The Kier molecular flexibility index (Phi) is 8.07. The number of para-hydroxylation sites is 1.